The lowest BCUT2D eigenvalue weighted by Crippen LogP contribution is -2.32. The molecule has 0 unspecified atom stereocenters. The first kappa shape index (κ1) is 9.56. The minimum absolute atomic E-state index is 0.376. The Morgan fingerprint density at radius 3 is 2.33 bits per heavy atom. The molecule has 0 bridgehead atoms. The third kappa shape index (κ3) is 2.84. The molecular formula is C10H19NO. The third-order valence-corrected chi connectivity index (χ3v) is 2.94. The van der Waals surface area contributed by atoms with E-state index in [2.05, 4.69) is 12.2 Å². The highest BCUT2D eigenvalue weighted by molar-refractivity contribution is 5.46. The first-order valence-corrected chi connectivity index (χ1v) is 5.04. The van der Waals surface area contributed by atoms with Crippen molar-refractivity contribution in [3.63, 3.8) is 0 Å². The van der Waals surface area contributed by atoms with E-state index in [-0.39, 0.29) is 0 Å². The lowest BCUT2D eigenvalue weighted by atomic mass is 9.93. The summed E-state index contributed by atoms with van der Waals surface area (Å²) in [4.78, 5) is 10.2. The van der Waals surface area contributed by atoms with Gasteiger partial charge < -0.3 is 5.32 Å². The van der Waals surface area contributed by atoms with Crippen LogP contribution in [0.25, 0.3) is 0 Å². The molecule has 1 atom stereocenters. The van der Waals surface area contributed by atoms with E-state index in [9.17, 15) is 4.79 Å². The Morgan fingerprint density at radius 2 is 1.83 bits per heavy atom. The van der Waals surface area contributed by atoms with Gasteiger partial charge in [-0.1, -0.05) is 25.7 Å². The van der Waals surface area contributed by atoms with Gasteiger partial charge in [-0.3, -0.25) is 4.79 Å². The molecule has 0 aromatic carbocycles. The zero-order valence-electron chi connectivity index (χ0n) is 7.88. The molecule has 1 saturated carbocycles. The van der Waals surface area contributed by atoms with Crippen molar-refractivity contribution in [1.29, 1.82) is 0 Å². The molecule has 12 heavy (non-hydrogen) atoms. The molecule has 0 saturated heterocycles. The van der Waals surface area contributed by atoms with Gasteiger partial charge in [-0.25, -0.2) is 0 Å². The molecular weight excluding hydrogens is 150 g/mol. The summed E-state index contributed by atoms with van der Waals surface area (Å²) < 4.78 is 0. The smallest absolute Gasteiger partial charge is 0.207 e. The first-order valence-electron chi connectivity index (χ1n) is 5.04. The molecule has 0 heterocycles. The van der Waals surface area contributed by atoms with E-state index in [0.717, 1.165) is 12.3 Å². The number of amides is 1. The predicted octanol–water partition coefficient (Wildman–Crippen LogP) is 2.09. The van der Waals surface area contributed by atoms with Gasteiger partial charge in [-0.15, -0.1) is 0 Å². The maximum atomic E-state index is 10.2. The van der Waals surface area contributed by atoms with Gasteiger partial charge in [0.1, 0.15) is 0 Å². The topological polar surface area (TPSA) is 29.1 Å². The maximum Gasteiger partial charge on any atom is 0.207 e. The molecule has 0 aliphatic heterocycles. The van der Waals surface area contributed by atoms with Gasteiger partial charge in [0.25, 0.3) is 0 Å². The highest BCUT2D eigenvalue weighted by atomic mass is 16.1. The van der Waals surface area contributed by atoms with Gasteiger partial charge in [0.05, 0.1) is 0 Å². The van der Waals surface area contributed by atoms with Crippen molar-refractivity contribution in [3.05, 3.63) is 0 Å². The fourth-order valence-electron chi connectivity index (χ4n) is 2.05. The zero-order valence-corrected chi connectivity index (χ0v) is 7.88. The Balaban J connectivity index is 2.31. The number of carbonyl (C=O) groups excluding carboxylic acids is 1. The standard InChI is InChI=1S/C10H19NO/c1-9(11-8-12)10-6-4-2-3-5-7-10/h8-10H,2-7H2,1H3,(H,11,12)/t9-/m0/s1. The summed E-state index contributed by atoms with van der Waals surface area (Å²) in [5.41, 5.74) is 0. The molecule has 1 N–H and O–H groups in total. The maximum absolute atomic E-state index is 10.2. The molecule has 2 nitrogen and oxygen atoms in total. The van der Waals surface area contributed by atoms with E-state index in [1.165, 1.54) is 38.5 Å². The van der Waals surface area contributed by atoms with Gasteiger partial charge in [-0.05, 0) is 25.7 Å². The number of rotatable bonds is 3. The van der Waals surface area contributed by atoms with Crippen LogP contribution in [0.2, 0.25) is 0 Å². The Hall–Kier alpha value is -0.530. The van der Waals surface area contributed by atoms with Gasteiger partial charge in [0.2, 0.25) is 6.41 Å². The fraction of sp³-hybridized carbons (Fsp3) is 0.900. The van der Waals surface area contributed by atoms with Crippen LogP contribution in [0.1, 0.15) is 45.4 Å². The first-order chi connectivity index (χ1) is 5.84. The summed E-state index contributed by atoms with van der Waals surface area (Å²) in [5.74, 6) is 0.720. The highest BCUT2D eigenvalue weighted by Gasteiger charge is 2.17. The van der Waals surface area contributed by atoms with Crippen LogP contribution in [0.4, 0.5) is 0 Å². The van der Waals surface area contributed by atoms with E-state index in [1.807, 2.05) is 0 Å². The largest absolute Gasteiger partial charge is 0.356 e. The lowest BCUT2D eigenvalue weighted by Gasteiger charge is -2.21. The van der Waals surface area contributed by atoms with Gasteiger partial charge in [0.15, 0.2) is 0 Å². The Labute approximate surface area is 74.7 Å². The fourth-order valence-corrected chi connectivity index (χ4v) is 2.05. The summed E-state index contributed by atoms with van der Waals surface area (Å²) in [6.45, 7) is 2.12. The molecule has 70 valence electrons. The summed E-state index contributed by atoms with van der Waals surface area (Å²) in [7, 11) is 0. The van der Waals surface area contributed by atoms with Crippen molar-refractivity contribution in [2.24, 2.45) is 5.92 Å². The van der Waals surface area contributed by atoms with Crippen LogP contribution in [0.5, 0.6) is 0 Å². The van der Waals surface area contributed by atoms with Gasteiger partial charge in [-0.2, -0.15) is 0 Å². The predicted molar refractivity (Wildman–Crippen MR) is 49.9 cm³/mol. The Kier molecular flexibility index (Phi) is 4.12. The van der Waals surface area contributed by atoms with Crippen molar-refractivity contribution in [2.45, 2.75) is 51.5 Å². The quantitative estimate of drug-likeness (QED) is 0.508. The van der Waals surface area contributed by atoms with E-state index in [1.54, 1.807) is 0 Å². The van der Waals surface area contributed by atoms with E-state index in [4.69, 9.17) is 0 Å². The number of carbonyl (C=O) groups is 1. The SMILES string of the molecule is C[C@H](NC=O)C1CCCCCC1. The average molecular weight is 169 g/mol. The van der Waals surface area contributed by atoms with Crippen molar-refractivity contribution in [1.82, 2.24) is 5.32 Å². The van der Waals surface area contributed by atoms with E-state index >= 15 is 0 Å². The van der Waals surface area contributed by atoms with Crippen LogP contribution in [-0.4, -0.2) is 12.5 Å². The molecule has 1 rings (SSSR count). The minimum Gasteiger partial charge on any atom is -0.356 e. The molecule has 1 amide bonds. The summed E-state index contributed by atoms with van der Waals surface area (Å²) in [6, 6.07) is 0.376. The van der Waals surface area contributed by atoms with Crippen LogP contribution < -0.4 is 5.32 Å². The Morgan fingerprint density at radius 1 is 1.25 bits per heavy atom. The van der Waals surface area contributed by atoms with E-state index in [0.29, 0.717) is 6.04 Å². The minimum atomic E-state index is 0.376. The average Bonchev–Trinajstić information content (AvgIpc) is 2.32. The zero-order chi connectivity index (χ0) is 8.81. The third-order valence-electron chi connectivity index (χ3n) is 2.94. The monoisotopic (exact) mass is 169 g/mol. The highest BCUT2D eigenvalue weighted by Crippen LogP contribution is 2.25. The number of hydrogen-bond donors (Lipinski definition) is 1. The number of nitrogens with one attached hydrogen (secondary N) is 1. The molecule has 0 spiro atoms. The van der Waals surface area contributed by atoms with Crippen LogP contribution >= 0.6 is 0 Å². The molecule has 1 aliphatic carbocycles. The molecule has 0 aromatic heterocycles. The van der Waals surface area contributed by atoms with Gasteiger partial charge >= 0.3 is 0 Å². The Bertz CT molecular complexity index is 128. The molecule has 2 heteroatoms. The number of hydrogen-bond acceptors (Lipinski definition) is 1. The second kappa shape index (κ2) is 5.18. The second-order valence-corrected chi connectivity index (χ2v) is 3.82. The second-order valence-electron chi connectivity index (χ2n) is 3.82. The van der Waals surface area contributed by atoms with Crippen LogP contribution in [-0.2, 0) is 4.79 Å². The summed E-state index contributed by atoms with van der Waals surface area (Å²) >= 11 is 0. The van der Waals surface area contributed by atoms with Crippen LogP contribution in [0, 0.1) is 5.92 Å². The van der Waals surface area contributed by atoms with Crippen molar-refractivity contribution in [3.8, 4) is 0 Å². The lowest BCUT2D eigenvalue weighted by molar-refractivity contribution is -0.110. The van der Waals surface area contributed by atoms with Crippen molar-refractivity contribution >= 4 is 6.41 Å². The van der Waals surface area contributed by atoms with Gasteiger partial charge in [0, 0.05) is 6.04 Å². The van der Waals surface area contributed by atoms with Crippen LogP contribution in [0.15, 0.2) is 0 Å². The summed E-state index contributed by atoms with van der Waals surface area (Å²) in [5, 5.41) is 2.86. The van der Waals surface area contributed by atoms with Crippen LogP contribution in [0.3, 0.4) is 0 Å². The molecule has 0 aromatic rings. The molecule has 1 aliphatic rings. The molecule has 0 radical (unpaired) electrons. The van der Waals surface area contributed by atoms with Crippen molar-refractivity contribution in [2.75, 3.05) is 0 Å². The van der Waals surface area contributed by atoms with E-state index < -0.39 is 0 Å². The van der Waals surface area contributed by atoms with Crippen molar-refractivity contribution < 1.29 is 4.79 Å². The normalized spacial score (nSPS) is 22.8. The molecule has 1 fully saturated rings. The summed E-state index contributed by atoms with van der Waals surface area (Å²) in [6.07, 6.45) is 8.86.